The third-order valence-electron chi connectivity index (χ3n) is 3.11. The molecule has 102 valence electrons. The minimum absolute atomic E-state index is 0.600. The highest BCUT2D eigenvalue weighted by molar-refractivity contribution is 7.71. The summed E-state index contributed by atoms with van der Waals surface area (Å²) < 4.78 is 7.74. The first-order valence-corrected chi connectivity index (χ1v) is 6.69. The Morgan fingerprint density at radius 3 is 2.80 bits per heavy atom. The molecule has 3 aromatic rings. The summed E-state index contributed by atoms with van der Waals surface area (Å²) in [4.78, 5) is 11.9. The van der Waals surface area contributed by atoms with Crippen LogP contribution in [-0.2, 0) is 11.3 Å². The van der Waals surface area contributed by atoms with Crippen LogP contribution in [0.2, 0.25) is 0 Å². The maximum atomic E-state index is 5.33. The number of aromatic nitrogens is 4. The molecule has 6 heteroatoms. The molecule has 20 heavy (non-hydrogen) atoms. The summed E-state index contributed by atoms with van der Waals surface area (Å²) in [5.74, 6) is 0. The quantitative estimate of drug-likeness (QED) is 0.749. The van der Waals surface area contributed by atoms with E-state index in [9.17, 15) is 0 Å². The lowest BCUT2D eigenvalue weighted by molar-refractivity contribution is 0.188. The van der Waals surface area contributed by atoms with Gasteiger partial charge < -0.3 is 9.72 Å². The van der Waals surface area contributed by atoms with Crippen molar-refractivity contribution in [1.29, 1.82) is 0 Å². The van der Waals surface area contributed by atoms with Gasteiger partial charge in [0.15, 0.2) is 10.4 Å². The third kappa shape index (κ3) is 2.35. The minimum atomic E-state index is 0.600. The van der Waals surface area contributed by atoms with Crippen molar-refractivity contribution in [3.8, 4) is 11.3 Å². The molecular formula is C14H14N4OS. The van der Waals surface area contributed by atoms with Crippen molar-refractivity contribution in [3.05, 3.63) is 41.4 Å². The van der Waals surface area contributed by atoms with Crippen LogP contribution in [0, 0.1) is 4.77 Å². The van der Waals surface area contributed by atoms with Gasteiger partial charge in [0.1, 0.15) is 0 Å². The van der Waals surface area contributed by atoms with E-state index >= 15 is 0 Å². The average Bonchev–Trinajstić information content (AvgIpc) is 2.80. The molecule has 0 aliphatic carbocycles. The number of nitrogens with zero attached hydrogens (tertiary/aromatic N) is 3. The zero-order valence-electron chi connectivity index (χ0n) is 11.0. The molecule has 5 nitrogen and oxygen atoms in total. The first-order valence-electron chi connectivity index (χ1n) is 6.28. The highest BCUT2D eigenvalue weighted by Crippen LogP contribution is 2.20. The number of rotatable bonds is 4. The fourth-order valence-corrected chi connectivity index (χ4v) is 2.39. The number of hydrogen-bond donors (Lipinski definition) is 1. The van der Waals surface area contributed by atoms with Gasteiger partial charge in [0.2, 0.25) is 0 Å². The number of H-pyrrole nitrogens is 1. The van der Waals surface area contributed by atoms with Gasteiger partial charge in [0.05, 0.1) is 24.4 Å². The number of ether oxygens (including phenoxy) is 1. The predicted molar refractivity (Wildman–Crippen MR) is 80.0 cm³/mol. The van der Waals surface area contributed by atoms with E-state index in [1.165, 1.54) is 0 Å². The summed E-state index contributed by atoms with van der Waals surface area (Å²) in [5, 5.41) is 0. The molecule has 0 saturated carbocycles. The van der Waals surface area contributed by atoms with Crippen LogP contribution >= 0.6 is 12.2 Å². The molecule has 0 spiro atoms. The van der Waals surface area contributed by atoms with Gasteiger partial charge in [0.25, 0.3) is 0 Å². The van der Waals surface area contributed by atoms with Crippen molar-refractivity contribution in [2.24, 2.45) is 0 Å². The second-order valence-electron chi connectivity index (χ2n) is 4.38. The number of fused-ring (bicyclic) bond motifs is 1. The molecule has 0 bridgehead atoms. The largest absolute Gasteiger partial charge is 0.383 e. The van der Waals surface area contributed by atoms with E-state index in [1.807, 2.05) is 28.8 Å². The van der Waals surface area contributed by atoms with Gasteiger partial charge in [-0.1, -0.05) is 0 Å². The molecule has 0 aliphatic heterocycles. The van der Waals surface area contributed by atoms with E-state index in [2.05, 4.69) is 9.97 Å². The van der Waals surface area contributed by atoms with Crippen molar-refractivity contribution >= 4 is 23.4 Å². The second-order valence-corrected chi connectivity index (χ2v) is 4.76. The number of imidazole rings is 1. The Labute approximate surface area is 121 Å². The van der Waals surface area contributed by atoms with E-state index in [0.29, 0.717) is 17.9 Å². The number of nitrogens with one attached hydrogen (secondary N) is 1. The molecule has 0 amide bonds. The van der Waals surface area contributed by atoms with Crippen molar-refractivity contribution in [1.82, 2.24) is 19.5 Å². The average molecular weight is 286 g/mol. The maximum absolute atomic E-state index is 5.33. The topological polar surface area (TPSA) is 55.7 Å². The highest BCUT2D eigenvalue weighted by atomic mass is 32.1. The Kier molecular flexibility index (Phi) is 3.58. The van der Waals surface area contributed by atoms with Crippen LogP contribution in [0.1, 0.15) is 0 Å². The third-order valence-corrected chi connectivity index (χ3v) is 3.44. The van der Waals surface area contributed by atoms with Gasteiger partial charge in [-0.15, -0.1) is 0 Å². The number of aromatic amines is 1. The van der Waals surface area contributed by atoms with E-state index in [-0.39, 0.29) is 0 Å². The smallest absolute Gasteiger partial charge is 0.179 e. The van der Waals surface area contributed by atoms with E-state index < -0.39 is 0 Å². The fourth-order valence-electron chi connectivity index (χ4n) is 2.10. The van der Waals surface area contributed by atoms with Gasteiger partial charge >= 0.3 is 0 Å². The summed E-state index contributed by atoms with van der Waals surface area (Å²) in [6.07, 6.45) is 3.52. The zero-order valence-corrected chi connectivity index (χ0v) is 11.9. The van der Waals surface area contributed by atoms with Gasteiger partial charge in [-0.3, -0.25) is 9.55 Å². The molecular weight excluding hydrogens is 272 g/mol. The van der Waals surface area contributed by atoms with Crippen LogP contribution < -0.4 is 0 Å². The Bertz CT molecular complexity index is 779. The van der Waals surface area contributed by atoms with Crippen LogP contribution in [0.25, 0.3) is 22.4 Å². The molecule has 0 fully saturated rings. The standard InChI is InChI=1S/C14H14N4OS/c1-19-9-8-18-13-12(17-14(18)20)3-2-11(16-13)10-4-6-15-7-5-10/h2-7H,8-9H2,1H3,(H,17,20). The van der Waals surface area contributed by atoms with Crippen LogP contribution in [0.5, 0.6) is 0 Å². The molecule has 0 radical (unpaired) electrons. The van der Waals surface area contributed by atoms with E-state index in [0.717, 1.165) is 22.4 Å². The zero-order chi connectivity index (χ0) is 13.9. The number of methoxy groups -OCH3 is 1. The van der Waals surface area contributed by atoms with Gasteiger partial charge in [-0.25, -0.2) is 4.98 Å². The van der Waals surface area contributed by atoms with Crippen molar-refractivity contribution in [2.45, 2.75) is 6.54 Å². The van der Waals surface area contributed by atoms with Gasteiger partial charge in [-0.05, 0) is 36.5 Å². The molecule has 0 atom stereocenters. The second kappa shape index (κ2) is 5.52. The molecule has 3 rings (SSSR count). The number of pyridine rings is 2. The molecule has 3 aromatic heterocycles. The lowest BCUT2D eigenvalue weighted by Crippen LogP contribution is -2.05. The fraction of sp³-hybridized carbons (Fsp3) is 0.214. The molecule has 1 N–H and O–H groups in total. The summed E-state index contributed by atoms with van der Waals surface area (Å²) in [7, 11) is 1.67. The Hall–Kier alpha value is -2.05. The SMILES string of the molecule is COCCn1c(=S)[nH]c2ccc(-c3ccncc3)nc21. The Morgan fingerprint density at radius 1 is 1.25 bits per heavy atom. The molecule has 0 aromatic carbocycles. The van der Waals surface area contributed by atoms with E-state index in [1.54, 1.807) is 19.5 Å². The number of hydrogen-bond acceptors (Lipinski definition) is 4. The van der Waals surface area contributed by atoms with Crippen LogP contribution in [0.4, 0.5) is 0 Å². The van der Waals surface area contributed by atoms with Crippen molar-refractivity contribution < 1.29 is 4.74 Å². The normalized spacial score (nSPS) is 11.1. The molecule has 3 heterocycles. The summed E-state index contributed by atoms with van der Waals surface area (Å²) in [6, 6.07) is 7.85. The first-order chi connectivity index (χ1) is 9.79. The van der Waals surface area contributed by atoms with Crippen LogP contribution in [-0.4, -0.2) is 33.2 Å². The van der Waals surface area contributed by atoms with Crippen molar-refractivity contribution in [3.63, 3.8) is 0 Å². The summed E-state index contributed by atoms with van der Waals surface area (Å²) >= 11 is 5.33. The maximum Gasteiger partial charge on any atom is 0.179 e. The predicted octanol–water partition coefficient (Wildman–Crippen LogP) is 2.80. The van der Waals surface area contributed by atoms with Crippen LogP contribution in [0.3, 0.4) is 0 Å². The Balaban J connectivity index is 2.12. The molecule has 0 unspecified atom stereocenters. The lowest BCUT2D eigenvalue weighted by atomic mass is 10.2. The minimum Gasteiger partial charge on any atom is -0.383 e. The monoisotopic (exact) mass is 286 g/mol. The Morgan fingerprint density at radius 2 is 2.05 bits per heavy atom. The summed E-state index contributed by atoms with van der Waals surface area (Å²) in [6.45, 7) is 1.28. The van der Waals surface area contributed by atoms with Gasteiger partial charge in [-0.2, -0.15) is 0 Å². The van der Waals surface area contributed by atoms with Crippen LogP contribution in [0.15, 0.2) is 36.7 Å². The van der Waals surface area contributed by atoms with Gasteiger partial charge in [0, 0.05) is 25.1 Å². The first kappa shape index (κ1) is 13.0. The molecule has 0 saturated heterocycles. The lowest BCUT2D eigenvalue weighted by Gasteiger charge is -2.04. The van der Waals surface area contributed by atoms with E-state index in [4.69, 9.17) is 21.9 Å². The molecule has 0 aliphatic rings. The highest BCUT2D eigenvalue weighted by Gasteiger charge is 2.08. The summed E-state index contributed by atoms with van der Waals surface area (Å²) in [5.41, 5.74) is 3.72. The van der Waals surface area contributed by atoms with Crippen molar-refractivity contribution in [2.75, 3.05) is 13.7 Å².